The minimum atomic E-state index is -0.305. The third-order valence-corrected chi connectivity index (χ3v) is 3.48. The van der Waals surface area contributed by atoms with Crippen LogP contribution < -0.4 is 0 Å². The summed E-state index contributed by atoms with van der Waals surface area (Å²) in [7, 11) is 0. The van der Waals surface area contributed by atoms with Crippen LogP contribution in [0.3, 0.4) is 0 Å². The molecule has 0 saturated heterocycles. The molecular formula is C11H22O2. The maximum Gasteiger partial charge on any atom is 0.0595 e. The monoisotopic (exact) mass is 186 g/mol. The van der Waals surface area contributed by atoms with E-state index in [1.165, 1.54) is 19.3 Å². The molecule has 0 aromatic rings. The zero-order valence-corrected chi connectivity index (χ0v) is 8.79. The van der Waals surface area contributed by atoms with Crippen molar-refractivity contribution in [3.63, 3.8) is 0 Å². The molecule has 2 heteroatoms. The summed E-state index contributed by atoms with van der Waals surface area (Å²) in [5.74, 6) is 0.383. The normalized spacial score (nSPS) is 30.0. The second-order valence-corrected chi connectivity index (χ2v) is 4.92. The lowest BCUT2D eigenvalue weighted by Gasteiger charge is -2.41. The molecule has 1 aliphatic rings. The number of rotatable bonds is 3. The summed E-state index contributed by atoms with van der Waals surface area (Å²) in [5.41, 5.74) is 0.257. The van der Waals surface area contributed by atoms with Crippen LogP contribution in [0.2, 0.25) is 0 Å². The van der Waals surface area contributed by atoms with Crippen LogP contribution in [0.25, 0.3) is 0 Å². The van der Waals surface area contributed by atoms with E-state index < -0.39 is 0 Å². The number of aliphatic hydroxyl groups is 2. The Morgan fingerprint density at radius 2 is 2.08 bits per heavy atom. The van der Waals surface area contributed by atoms with Gasteiger partial charge in [-0.05, 0) is 30.6 Å². The summed E-state index contributed by atoms with van der Waals surface area (Å²) in [4.78, 5) is 0. The molecule has 1 saturated carbocycles. The quantitative estimate of drug-likeness (QED) is 0.707. The van der Waals surface area contributed by atoms with Crippen LogP contribution in [0.15, 0.2) is 0 Å². The van der Waals surface area contributed by atoms with Crippen LogP contribution in [-0.4, -0.2) is 22.9 Å². The molecule has 0 spiro atoms. The Balaban J connectivity index is 2.54. The predicted molar refractivity (Wildman–Crippen MR) is 53.4 cm³/mol. The molecule has 0 bridgehead atoms. The van der Waals surface area contributed by atoms with Gasteiger partial charge in [0.25, 0.3) is 0 Å². The van der Waals surface area contributed by atoms with E-state index in [0.29, 0.717) is 12.3 Å². The zero-order chi connectivity index (χ0) is 9.90. The van der Waals surface area contributed by atoms with Crippen LogP contribution in [0.5, 0.6) is 0 Å². The molecule has 1 rings (SSSR count). The topological polar surface area (TPSA) is 40.5 Å². The molecule has 13 heavy (non-hydrogen) atoms. The standard InChI is InChI=1S/C11H22O2/c1-11(2)7-4-3-5-9(11)10(13)6-8-12/h9-10,12-13H,3-8H2,1-2H3. The Kier molecular flexibility index (Phi) is 3.74. The first-order chi connectivity index (χ1) is 6.08. The third-order valence-electron chi connectivity index (χ3n) is 3.48. The first-order valence-electron chi connectivity index (χ1n) is 5.37. The van der Waals surface area contributed by atoms with Gasteiger partial charge in [0.05, 0.1) is 6.10 Å². The highest BCUT2D eigenvalue weighted by Gasteiger charge is 2.36. The molecule has 78 valence electrons. The van der Waals surface area contributed by atoms with Crippen molar-refractivity contribution in [3.05, 3.63) is 0 Å². The molecule has 2 atom stereocenters. The highest BCUT2D eigenvalue weighted by molar-refractivity contribution is 4.86. The van der Waals surface area contributed by atoms with E-state index in [1.54, 1.807) is 0 Å². The Labute approximate surface area is 81.0 Å². The van der Waals surface area contributed by atoms with E-state index in [-0.39, 0.29) is 18.1 Å². The summed E-state index contributed by atoms with van der Waals surface area (Å²) >= 11 is 0. The zero-order valence-electron chi connectivity index (χ0n) is 8.79. The average molecular weight is 186 g/mol. The maximum absolute atomic E-state index is 9.85. The molecular weight excluding hydrogens is 164 g/mol. The van der Waals surface area contributed by atoms with Gasteiger partial charge in [0.15, 0.2) is 0 Å². The predicted octanol–water partition coefficient (Wildman–Crippen LogP) is 1.95. The molecule has 2 unspecified atom stereocenters. The molecule has 0 aromatic carbocycles. The highest BCUT2D eigenvalue weighted by Crippen LogP contribution is 2.42. The molecule has 0 heterocycles. The van der Waals surface area contributed by atoms with Crippen molar-refractivity contribution in [2.75, 3.05) is 6.61 Å². The molecule has 2 N–H and O–H groups in total. The van der Waals surface area contributed by atoms with Gasteiger partial charge in [0.2, 0.25) is 0 Å². The lowest BCUT2D eigenvalue weighted by Crippen LogP contribution is -2.37. The molecule has 1 aliphatic carbocycles. The number of hydrogen-bond donors (Lipinski definition) is 2. The average Bonchev–Trinajstić information content (AvgIpc) is 2.03. The van der Waals surface area contributed by atoms with Crippen LogP contribution in [0, 0.1) is 11.3 Å². The van der Waals surface area contributed by atoms with Gasteiger partial charge in [0, 0.05) is 6.61 Å². The molecule has 0 radical (unpaired) electrons. The van der Waals surface area contributed by atoms with E-state index in [9.17, 15) is 5.11 Å². The van der Waals surface area contributed by atoms with Crippen molar-refractivity contribution in [1.82, 2.24) is 0 Å². The van der Waals surface area contributed by atoms with Gasteiger partial charge in [-0.3, -0.25) is 0 Å². The van der Waals surface area contributed by atoms with Crippen LogP contribution in [-0.2, 0) is 0 Å². The van der Waals surface area contributed by atoms with Crippen molar-refractivity contribution in [3.8, 4) is 0 Å². The molecule has 0 amide bonds. The third kappa shape index (κ3) is 2.68. The largest absolute Gasteiger partial charge is 0.396 e. The summed E-state index contributed by atoms with van der Waals surface area (Å²) in [5, 5.41) is 18.6. The van der Waals surface area contributed by atoms with Crippen LogP contribution in [0.4, 0.5) is 0 Å². The molecule has 2 nitrogen and oxygen atoms in total. The van der Waals surface area contributed by atoms with E-state index in [4.69, 9.17) is 5.11 Å². The van der Waals surface area contributed by atoms with Gasteiger partial charge in [-0.15, -0.1) is 0 Å². The molecule has 1 fully saturated rings. The minimum Gasteiger partial charge on any atom is -0.396 e. The molecule has 0 aromatic heterocycles. The Hall–Kier alpha value is -0.0800. The second kappa shape index (κ2) is 4.43. The van der Waals surface area contributed by atoms with Crippen molar-refractivity contribution < 1.29 is 10.2 Å². The number of hydrogen-bond acceptors (Lipinski definition) is 2. The van der Waals surface area contributed by atoms with Crippen LogP contribution in [0.1, 0.15) is 46.0 Å². The van der Waals surface area contributed by atoms with Crippen molar-refractivity contribution in [1.29, 1.82) is 0 Å². The van der Waals surface area contributed by atoms with Gasteiger partial charge >= 0.3 is 0 Å². The first-order valence-corrected chi connectivity index (χ1v) is 5.37. The highest BCUT2D eigenvalue weighted by atomic mass is 16.3. The van der Waals surface area contributed by atoms with Gasteiger partial charge in [0.1, 0.15) is 0 Å². The SMILES string of the molecule is CC1(C)CCCCC1C(O)CCO. The summed E-state index contributed by atoms with van der Waals surface area (Å²) in [6.07, 6.45) is 5.08. The lowest BCUT2D eigenvalue weighted by atomic mass is 9.66. The molecule has 0 aliphatic heterocycles. The van der Waals surface area contributed by atoms with E-state index >= 15 is 0 Å². The maximum atomic E-state index is 9.85. The fraction of sp³-hybridized carbons (Fsp3) is 1.00. The Bertz CT molecular complexity index is 154. The first kappa shape index (κ1) is 11.0. The minimum absolute atomic E-state index is 0.105. The van der Waals surface area contributed by atoms with E-state index in [1.807, 2.05) is 0 Å². The van der Waals surface area contributed by atoms with E-state index in [0.717, 1.165) is 6.42 Å². The van der Waals surface area contributed by atoms with Gasteiger partial charge in [-0.25, -0.2) is 0 Å². The van der Waals surface area contributed by atoms with E-state index in [2.05, 4.69) is 13.8 Å². The van der Waals surface area contributed by atoms with Crippen molar-refractivity contribution >= 4 is 0 Å². The van der Waals surface area contributed by atoms with Gasteiger partial charge < -0.3 is 10.2 Å². The lowest BCUT2D eigenvalue weighted by molar-refractivity contribution is -0.00710. The smallest absolute Gasteiger partial charge is 0.0595 e. The summed E-state index contributed by atoms with van der Waals surface area (Å²) in [6, 6.07) is 0. The summed E-state index contributed by atoms with van der Waals surface area (Å²) in [6.45, 7) is 4.57. The Morgan fingerprint density at radius 3 is 2.62 bits per heavy atom. The van der Waals surface area contributed by atoms with Crippen LogP contribution >= 0.6 is 0 Å². The number of aliphatic hydroxyl groups excluding tert-OH is 2. The van der Waals surface area contributed by atoms with Gasteiger partial charge in [-0.1, -0.05) is 26.7 Å². The Morgan fingerprint density at radius 1 is 1.38 bits per heavy atom. The summed E-state index contributed by atoms with van der Waals surface area (Å²) < 4.78 is 0. The van der Waals surface area contributed by atoms with Crippen molar-refractivity contribution in [2.24, 2.45) is 11.3 Å². The van der Waals surface area contributed by atoms with Crippen molar-refractivity contribution in [2.45, 2.75) is 52.1 Å². The fourth-order valence-electron chi connectivity index (χ4n) is 2.57. The second-order valence-electron chi connectivity index (χ2n) is 4.92. The van der Waals surface area contributed by atoms with Gasteiger partial charge in [-0.2, -0.15) is 0 Å². The fourth-order valence-corrected chi connectivity index (χ4v) is 2.57.